The average Bonchev–Trinajstić information content (AvgIpc) is 2.99. The number of halogens is 3. The van der Waals surface area contributed by atoms with E-state index in [0.29, 0.717) is 18.6 Å². The molecule has 0 amide bonds. The Morgan fingerprint density at radius 2 is 2.24 bits per heavy atom. The summed E-state index contributed by atoms with van der Waals surface area (Å²) in [6.07, 6.45) is -0.365. The lowest BCUT2D eigenvalue weighted by Crippen LogP contribution is -2.22. The number of oxazole rings is 1. The summed E-state index contributed by atoms with van der Waals surface area (Å²) in [6.45, 7) is 1.81. The summed E-state index contributed by atoms with van der Waals surface area (Å²) in [5.41, 5.74) is 0.0161. The molecule has 2 aromatic rings. The summed E-state index contributed by atoms with van der Waals surface area (Å²) in [5.74, 6) is 0.853. The molecule has 2 N–H and O–H groups in total. The number of nitrogens with zero attached hydrogens (tertiary/aromatic N) is 2. The Labute approximate surface area is 145 Å². The first-order valence-corrected chi connectivity index (χ1v) is 9.21. The second-order valence-corrected chi connectivity index (χ2v) is 7.68. The predicted octanol–water partition coefficient (Wildman–Crippen LogP) is 3.58. The first-order chi connectivity index (χ1) is 11.8. The Balaban J connectivity index is 1.91. The number of pyridine rings is 1. The van der Waals surface area contributed by atoms with Crippen LogP contribution in [0.5, 0.6) is 0 Å². The molecule has 3 atom stereocenters. The van der Waals surface area contributed by atoms with Gasteiger partial charge < -0.3 is 4.42 Å². The summed E-state index contributed by atoms with van der Waals surface area (Å²) in [6, 6.07) is 2.38. The van der Waals surface area contributed by atoms with E-state index in [2.05, 4.69) is 9.97 Å². The third kappa shape index (κ3) is 3.92. The van der Waals surface area contributed by atoms with E-state index in [1.807, 2.05) is 0 Å². The Kier molecular flexibility index (Phi) is 4.97. The van der Waals surface area contributed by atoms with Crippen LogP contribution in [0.3, 0.4) is 0 Å². The molecule has 2 unspecified atom stereocenters. The molecule has 25 heavy (non-hydrogen) atoms. The molecule has 3 rings (SSSR count). The summed E-state index contributed by atoms with van der Waals surface area (Å²) >= 11 is 0. The second-order valence-electron chi connectivity index (χ2n) is 6.22. The Bertz CT molecular complexity index is 791. The van der Waals surface area contributed by atoms with Crippen LogP contribution in [0.4, 0.5) is 13.2 Å². The Morgan fingerprint density at radius 1 is 1.48 bits per heavy atom. The van der Waals surface area contributed by atoms with Crippen LogP contribution in [0.2, 0.25) is 0 Å². The molecule has 0 fully saturated rings. The minimum atomic E-state index is -4.52. The number of aryl methyl sites for hydroxylation is 1. The van der Waals surface area contributed by atoms with Crippen LogP contribution < -0.4 is 5.14 Å². The molecule has 9 heteroatoms. The molecular formula is C16H18F3N3O2S. The average molecular weight is 373 g/mol. The molecule has 0 spiro atoms. The van der Waals surface area contributed by atoms with Crippen LogP contribution >= 0.6 is 0 Å². The highest BCUT2D eigenvalue weighted by Crippen LogP contribution is 2.38. The molecule has 5 nitrogen and oxygen atoms in total. The van der Waals surface area contributed by atoms with E-state index in [-0.39, 0.29) is 22.6 Å². The van der Waals surface area contributed by atoms with Gasteiger partial charge in [0.25, 0.3) is 0 Å². The van der Waals surface area contributed by atoms with Crippen molar-refractivity contribution in [1.29, 1.82) is 0 Å². The SMILES string of the molecule is CC(C[C@@H]1CCCc2nc(-c3ccnc(C(F)(F)F)c3)oc21)S(N)=O. The summed E-state index contributed by atoms with van der Waals surface area (Å²) in [5, 5.41) is 5.25. The standard InChI is InChI=1S/C16H18F3N3O2S/c1-9(25(20)23)7-10-3-2-4-12-14(10)24-15(22-12)11-5-6-21-13(8-11)16(17,18)19/h5-6,8-10H,2-4,7,20H2,1H3/t9?,10-,25?/m0/s1. The summed E-state index contributed by atoms with van der Waals surface area (Å²) < 4.78 is 55.7. The summed E-state index contributed by atoms with van der Waals surface area (Å²) in [7, 11) is -1.43. The van der Waals surface area contributed by atoms with Gasteiger partial charge in [0, 0.05) is 22.9 Å². The molecule has 1 aliphatic rings. The quantitative estimate of drug-likeness (QED) is 0.888. The molecule has 0 aromatic carbocycles. The molecule has 136 valence electrons. The zero-order valence-corrected chi connectivity index (χ0v) is 14.4. The monoisotopic (exact) mass is 373 g/mol. The number of hydrogen-bond acceptors (Lipinski definition) is 4. The van der Waals surface area contributed by atoms with Gasteiger partial charge in [0.2, 0.25) is 5.89 Å². The maximum absolute atomic E-state index is 12.8. The van der Waals surface area contributed by atoms with E-state index in [1.165, 1.54) is 6.07 Å². The maximum Gasteiger partial charge on any atom is 0.433 e. The van der Waals surface area contributed by atoms with Gasteiger partial charge in [-0.15, -0.1) is 0 Å². The number of aromatic nitrogens is 2. The first-order valence-electron chi connectivity index (χ1n) is 7.94. The topological polar surface area (TPSA) is 82.0 Å². The Hall–Kier alpha value is -1.74. The molecule has 2 aromatic heterocycles. The lowest BCUT2D eigenvalue weighted by atomic mass is 9.87. The molecule has 0 bridgehead atoms. The van der Waals surface area contributed by atoms with Crippen LogP contribution in [0.15, 0.2) is 22.7 Å². The molecule has 2 heterocycles. The smallest absolute Gasteiger partial charge is 0.433 e. The van der Waals surface area contributed by atoms with Gasteiger partial charge in [-0.25, -0.2) is 9.19 Å². The van der Waals surface area contributed by atoms with Crippen LogP contribution in [0, 0.1) is 0 Å². The highest BCUT2D eigenvalue weighted by atomic mass is 32.2. The third-order valence-corrected chi connectivity index (χ3v) is 5.36. The van der Waals surface area contributed by atoms with Crippen molar-refractivity contribution in [3.63, 3.8) is 0 Å². The minimum absolute atomic E-state index is 0.0245. The van der Waals surface area contributed by atoms with Crippen molar-refractivity contribution in [3.8, 4) is 11.5 Å². The number of fused-ring (bicyclic) bond motifs is 1. The lowest BCUT2D eigenvalue weighted by molar-refractivity contribution is -0.141. The van der Waals surface area contributed by atoms with Crippen molar-refractivity contribution in [1.82, 2.24) is 9.97 Å². The van der Waals surface area contributed by atoms with E-state index in [0.717, 1.165) is 30.8 Å². The number of hydrogen-bond donors (Lipinski definition) is 1. The van der Waals surface area contributed by atoms with Gasteiger partial charge in [-0.1, -0.05) is 0 Å². The fourth-order valence-corrected chi connectivity index (χ4v) is 3.49. The Morgan fingerprint density at radius 3 is 2.92 bits per heavy atom. The van der Waals surface area contributed by atoms with Gasteiger partial charge in [0.05, 0.1) is 16.7 Å². The van der Waals surface area contributed by atoms with Crippen molar-refractivity contribution >= 4 is 11.0 Å². The molecule has 0 saturated heterocycles. The fraction of sp³-hybridized carbons (Fsp3) is 0.500. The maximum atomic E-state index is 12.8. The van der Waals surface area contributed by atoms with E-state index >= 15 is 0 Å². The van der Waals surface area contributed by atoms with Crippen molar-refractivity contribution in [3.05, 3.63) is 35.5 Å². The van der Waals surface area contributed by atoms with Crippen LogP contribution in [-0.4, -0.2) is 19.4 Å². The number of alkyl halides is 3. The highest BCUT2D eigenvalue weighted by molar-refractivity contribution is 7.83. The second kappa shape index (κ2) is 6.87. The largest absolute Gasteiger partial charge is 0.441 e. The normalized spacial score (nSPS) is 20.1. The van der Waals surface area contributed by atoms with Gasteiger partial charge in [-0.05, 0) is 44.7 Å². The zero-order chi connectivity index (χ0) is 18.2. The summed E-state index contributed by atoms with van der Waals surface area (Å²) in [4.78, 5) is 7.73. The van der Waals surface area contributed by atoms with Gasteiger partial charge in [0.1, 0.15) is 11.5 Å². The molecule has 0 radical (unpaired) electrons. The van der Waals surface area contributed by atoms with Crippen LogP contribution in [0.25, 0.3) is 11.5 Å². The van der Waals surface area contributed by atoms with Gasteiger partial charge in [-0.3, -0.25) is 10.1 Å². The van der Waals surface area contributed by atoms with Crippen molar-refractivity contribution in [2.24, 2.45) is 5.14 Å². The number of nitrogens with two attached hydrogens (primary N) is 1. The van der Waals surface area contributed by atoms with Crippen LogP contribution in [0.1, 0.15) is 49.3 Å². The molecule has 1 aliphatic carbocycles. The fourth-order valence-electron chi connectivity index (χ4n) is 3.07. The molecule has 0 aliphatic heterocycles. The number of rotatable bonds is 4. The predicted molar refractivity (Wildman–Crippen MR) is 86.8 cm³/mol. The lowest BCUT2D eigenvalue weighted by Gasteiger charge is -2.21. The van der Waals surface area contributed by atoms with Gasteiger partial charge in [-0.2, -0.15) is 13.2 Å². The van der Waals surface area contributed by atoms with E-state index < -0.39 is 22.9 Å². The highest BCUT2D eigenvalue weighted by Gasteiger charge is 2.33. The van der Waals surface area contributed by atoms with Crippen molar-refractivity contribution in [2.45, 2.75) is 50.0 Å². The van der Waals surface area contributed by atoms with Crippen LogP contribution in [-0.2, 0) is 23.6 Å². The van der Waals surface area contributed by atoms with Crippen molar-refractivity contribution < 1.29 is 21.8 Å². The van der Waals surface area contributed by atoms with Crippen molar-refractivity contribution in [2.75, 3.05) is 0 Å². The van der Waals surface area contributed by atoms with E-state index in [9.17, 15) is 17.4 Å². The zero-order valence-electron chi connectivity index (χ0n) is 13.5. The minimum Gasteiger partial charge on any atom is -0.441 e. The van der Waals surface area contributed by atoms with E-state index in [4.69, 9.17) is 9.56 Å². The third-order valence-electron chi connectivity index (χ3n) is 4.37. The van der Waals surface area contributed by atoms with E-state index in [1.54, 1.807) is 6.92 Å². The van der Waals surface area contributed by atoms with Gasteiger partial charge in [0.15, 0.2) is 0 Å². The molecular weight excluding hydrogens is 355 g/mol. The first kappa shape index (κ1) is 18.1. The molecule has 0 saturated carbocycles. The van der Waals surface area contributed by atoms with Gasteiger partial charge >= 0.3 is 6.18 Å².